The SMILES string of the molecule is COC(=O)C=Cc1cccc(-c2ccccc2-c2nc(-c3ccccc3)c(-c3ccccc3)o2)c1. The number of ether oxygens (including phenoxy) is 1. The van der Waals surface area contributed by atoms with Gasteiger partial charge < -0.3 is 9.15 Å². The smallest absolute Gasteiger partial charge is 0.330 e. The fourth-order valence-corrected chi connectivity index (χ4v) is 3.98. The molecule has 0 radical (unpaired) electrons. The lowest BCUT2D eigenvalue weighted by atomic mass is 9.98. The predicted molar refractivity (Wildman–Crippen MR) is 139 cm³/mol. The van der Waals surface area contributed by atoms with Crippen LogP contribution in [0.25, 0.3) is 51.2 Å². The van der Waals surface area contributed by atoms with Gasteiger partial charge in [-0.2, -0.15) is 0 Å². The van der Waals surface area contributed by atoms with Gasteiger partial charge >= 0.3 is 5.97 Å². The number of nitrogens with zero attached hydrogens (tertiary/aromatic N) is 1. The highest BCUT2D eigenvalue weighted by Crippen LogP contribution is 2.39. The summed E-state index contributed by atoms with van der Waals surface area (Å²) in [4.78, 5) is 16.5. The number of carbonyl (C=O) groups excluding carboxylic acids is 1. The van der Waals surface area contributed by atoms with Gasteiger partial charge in [0.1, 0.15) is 5.69 Å². The molecule has 0 bridgehead atoms. The molecule has 0 aliphatic rings. The molecule has 4 aromatic carbocycles. The van der Waals surface area contributed by atoms with Crippen molar-refractivity contribution in [2.45, 2.75) is 0 Å². The van der Waals surface area contributed by atoms with Crippen molar-refractivity contribution in [3.05, 3.63) is 121 Å². The highest BCUT2D eigenvalue weighted by molar-refractivity contribution is 5.88. The van der Waals surface area contributed by atoms with Crippen molar-refractivity contribution >= 4 is 12.0 Å². The Bertz CT molecular complexity index is 1430. The molecule has 0 N–H and O–H groups in total. The molecule has 1 aromatic heterocycles. The number of hydrogen-bond acceptors (Lipinski definition) is 4. The van der Waals surface area contributed by atoms with Gasteiger partial charge in [-0.05, 0) is 34.9 Å². The van der Waals surface area contributed by atoms with Gasteiger partial charge in [-0.15, -0.1) is 0 Å². The number of carbonyl (C=O) groups is 1. The van der Waals surface area contributed by atoms with Crippen LogP contribution >= 0.6 is 0 Å². The van der Waals surface area contributed by atoms with Crippen LogP contribution in [0.4, 0.5) is 0 Å². The van der Waals surface area contributed by atoms with E-state index in [9.17, 15) is 4.79 Å². The summed E-state index contributed by atoms with van der Waals surface area (Å²) in [5, 5.41) is 0. The number of benzene rings is 4. The van der Waals surface area contributed by atoms with Crippen molar-refractivity contribution in [1.29, 1.82) is 0 Å². The van der Waals surface area contributed by atoms with Crippen LogP contribution in [-0.2, 0) is 9.53 Å². The fourth-order valence-electron chi connectivity index (χ4n) is 3.98. The first-order chi connectivity index (χ1) is 17.2. The van der Waals surface area contributed by atoms with E-state index in [4.69, 9.17) is 14.1 Å². The van der Waals surface area contributed by atoms with Crippen LogP contribution in [0.15, 0.2) is 120 Å². The Balaban J connectivity index is 1.62. The zero-order valence-corrected chi connectivity index (χ0v) is 19.2. The monoisotopic (exact) mass is 457 g/mol. The van der Waals surface area contributed by atoms with Crippen LogP contribution < -0.4 is 0 Å². The average Bonchev–Trinajstić information content (AvgIpc) is 3.38. The van der Waals surface area contributed by atoms with E-state index >= 15 is 0 Å². The molecule has 35 heavy (non-hydrogen) atoms. The molecular formula is C31H23NO3. The molecule has 0 fully saturated rings. The maximum atomic E-state index is 11.5. The summed E-state index contributed by atoms with van der Waals surface area (Å²) in [6, 6.07) is 36.1. The first-order valence-electron chi connectivity index (χ1n) is 11.3. The Labute approximate surface area is 204 Å². The van der Waals surface area contributed by atoms with Gasteiger partial charge in [0.2, 0.25) is 5.89 Å². The van der Waals surface area contributed by atoms with Gasteiger partial charge in [-0.3, -0.25) is 0 Å². The summed E-state index contributed by atoms with van der Waals surface area (Å²) in [6.07, 6.45) is 3.15. The Morgan fingerprint density at radius 3 is 2.09 bits per heavy atom. The van der Waals surface area contributed by atoms with Crippen LogP contribution in [0.2, 0.25) is 0 Å². The van der Waals surface area contributed by atoms with Gasteiger partial charge in [-0.25, -0.2) is 9.78 Å². The molecule has 0 amide bonds. The van der Waals surface area contributed by atoms with E-state index in [1.54, 1.807) is 6.08 Å². The quantitative estimate of drug-likeness (QED) is 0.195. The Hall–Kier alpha value is -4.70. The highest BCUT2D eigenvalue weighted by Gasteiger charge is 2.20. The first kappa shape index (κ1) is 22.1. The van der Waals surface area contributed by atoms with Gasteiger partial charge in [0.05, 0.1) is 7.11 Å². The molecule has 170 valence electrons. The molecule has 0 saturated heterocycles. The lowest BCUT2D eigenvalue weighted by Crippen LogP contribution is -1.93. The van der Waals surface area contributed by atoms with Crippen molar-refractivity contribution in [1.82, 2.24) is 4.98 Å². The minimum absolute atomic E-state index is 0.391. The molecule has 0 unspecified atom stereocenters. The Kier molecular flexibility index (Phi) is 6.35. The largest absolute Gasteiger partial charge is 0.466 e. The van der Waals surface area contributed by atoms with E-state index in [-0.39, 0.29) is 0 Å². The Morgan fingerprint density at radius 2 is 1.37 bits per heavy atom. The molecule has 0 aliphatic carbocycles. The van der Waals surface area contributed by atoms with E-state index in [2.05, 4.69) is 0 Å². The van der Waals surface area contributed by atoms with Gasteiger partial charge in [0, 0.05) is 22.8 Å². The summed E-state index contributed by atoms with van der Waals surface area (Å²) >= 11 is 0. The second kappa shape index (κ2) is 10.1. The van der Waals surface area contributed by atoms with Crippen LogP contribution in [0.3, 0.4) is 0 Å². The average molecular weight is 458 g/mol. The minimum Gasteiger partial charge on any atom is -0.466 e. The third-order valence-corrected chi connectivity index (χ3v) is 5.68. The maximum absolute atomic E-state index is 11.5. The van der Waals surface area contributed by atoms with E-state index in [0.29, 0.717) is 5.89 Å². The first-order valence-corrected chi connectivity index (χ1v) is 11.3. The summed E-state index contributed by atoms with van der Waals surface area (Å²) < 4.78 is 11.1. The Morgan fingerprint density at radius 1 is 0.743 bits per heavy atom. The molecule has 5 rings (SSSR count). The van der Waals surface area contributed by atoms with E-state index in [1.165, 1.54) is 13.2 Å². The van der Waals surface area contributed by atoms with Gasteiger partial charge in [0.15, 0.2) is 5.76 Å². The lowest BCUT2D eigenvalue weighted by Gasteiger charge is -2.08. The summed E-state index contributed by atoms with van der Waals surface area (Å²) in [5.74, 6) is 0.891. The minimum atomic E-state index is -0.391. The molecular weight excluding hydrogens is 434 g/mol. The van der Waals surface area contributed by atoms with E-state index in [0.717, 1.165) is 44.8 Å². The van der Waals surface area contributed by atoms with Gasteiger partial charge in [-0.1, -0.05) is 97.1 Å². The van der Waals surface area contributed by atoms with Crippen LogP contribution in [0.5, 0.6) is 0 Å². The number of rotatable bonds is 6. The number of aromatic nitrogens is 1. The third-order valence-electron chi connectivity index (χ3n) is 5.68. The standard InChI is InChI=1S/C31H23NO3/c1-34-28(33)20-19-22-11-10-16-25(21-22)26-17-8-9-18-27(26)31-32-29(23-12-4-2-5-13-23)30(35-31)24-14-6-3-7-15-24/h2-21H,1H3. The topological polar surface area (TPSA) is 52.3 Å². The second-order valence-corrected chi connectivity index (χ2v) is 7.96. The highest BCUT2D eigenvalue weighted by atomic mass is 16.5. The number of esters is 1. The zero-order valence-electron chi connectivity index (χ0n) is 19.2. The van der Waals surface area contributed by atoms with Crippen molar-refractivity contribution < 1.29 is 13.9 Å². The van der Waals surface area contributed by atoms with Crippen molar-refractivity contribution in [3.63, 3.8) is 0 Å². The molecule has 4 heteroatoms. The van der Waals surface area contributed by atoms with E-state index in [1.807, 2.05) is 109 Å². The molecule has 0 saturated carbocycles. The molecule has 1 heterocycles. The van der Waals surface area contributed by atoms with Crippen LogP contribution in [0.1, 0.15) is 5.56 Å². The maximum Gasteiger partial charge on any atom is 0.330 e. The zero-order chi connectivity index (χ0) is 24.0. The van der Waals surface area contributed by atoms with Crippen molar-refractivity contribution in [3.8, 4) is 45.2 Å². The van der Waals surface area contributed by atoms with Crippen molar-refractivity contribution in [2.24, 2.45) is 0 Å². The summed E-state index contributed by atoms with van der Waals surface area (Å²) in [7, 11) is 1.36. The molecule has 4 nitrogen and oxygen atoms in total. The second-order valence-electron chi connectivity index (χ2n) is 7.96. The number of oxazole rings is 1. The third kappa shape index (κ3) is 4.82. The van der Waals surface area contributed by atoms with E-state index < -0.39 is 5.97 Å². The number of methoxy groups -OCH3 is 1. The predicted octanol–water partition coefficient (Wildman–Crippen LogP) is 7.53. The van der Waals surface area contributed by atoms with Crippen LogP contribution in [-0.4, -0.2) is 18.1 Å². The summed E-state index contributed by atoms with van der Waals surface area (Å²) in [5.41, 5.74) is 6.53. The van der Waals surface area contributed by atoms with Crippen molar-refractivity contribution in [2.75, 3.05) is 7.11 Å². The normalized spacial score (nSPS) is 11.0. The number of hydrogen-bond donors (Lipinski definition) is 0. The molecule has 0 atom stereocenters. The molecule has 5 aromatic rings. The molecule has 0 aliphatic heterocycles. The van der Waals surface area contributed by atoms with Crippen LogP contribution in [0, 0.1) is 0 Å². The van der Waals surface area contributed by atoms with Gasteiger partial charge in [0.25, 0.3) is 0 Å². The lowest BCUT2D eigenvalue weighted by molar-refractivity contribution is -0.134. The fraction of sp³-hybridized carbons (Fsp3) is 0.0323. The summed E-state index contributed by atoms with van der Waals surface area (Å²) in [6.45, 7) is 0. The molecule has 0 spiro atoms.